The van der Waals surface area contributed by atoms with Gasteiger partial charge in [-0.25, -0.2) is 0 Å². The van der Waals surface area contributed by atoms with Crippen LogP contribution in [0.1, 0.15) is 25.7 Å². The van der Waals surface area contributed by atoms with E-state index in [-0.39, 0.29) is 0 Å². The van der Waals surface area contributed by atoms with Gasteiger partial charge in [0, 0.05) is 25.7 Å². The molecule has 0 aromatic rings. The van der Waals surface area contributed by atoms with Crippen LogP contribution in [-0.4, -0.2) is 55.1 Å². The molecule has 1 atom stereocenters. The lowest BCUT2D eigenvalue weighted by Crippen LogP contribution is -2.37. The second-order valence-electron chi connectivity index (χ2n) is 4.75. The molecule has 0 radical (unpaired) electrons. The Bertz CT molecular complexity index is 161. The van der Waals surface area contributed by atoms with Crippen molar-refractivity contribution in [1.29, 1.82) is 0 Å². The van der Waals surface area contributed by atoms with Crippen LogP contribution in [0.5, 0.6) is 0 Å². The van der Waals surface area contributed by atoms with Crippen molar-refractivity contribution < 1.29 is 0 Å². The standard InChI is InChI=1S/C11H23N3/c12-11-4-7-14(10-11)9-8-13-5-2-1-3-6-13/h11H,1-10,12H2/t11-/m1/s1. The summed E-state index contributed by atoms with van der Waals surface area (Å²) in [4.78, 5) is 5.12. The number of hydrogen-bond donors (Lipinski definition) is 1. The van der Waals surface area contributed by atoms with Crippen molar-refractivity contribution in [1.82, 2.24) is 9.80 Å². The molecule has 0 bridgehead atoms. The van der Waals surface area contributed by atoms with Crippen molar-refractivity contribution in [2.24, 2.45) is 5.73 Å². The van der Waals surface area contributed by atoms with Crippen molar-refractivity contribution >= 4 is 0 Å². The first-order valence-corrected chi connectivity index (χ1v) is 6.05. The first-order valence-electron chi connectivity index (χ1n) is 6.05. The van der Waals surface area contributed by atoms with Crippen LogP contribution in [0.25, 0.3) is 0 Å². The maximum absolute atomic E-state index is 5.88. The van der Waals surface area contributed by atoms with Crippen LogP contribution >= 0.6 is 0 Å². The second-order valence-corrected chi connectivity index (χ2v) is 4.75. The molecule has 2 aliphatic heterocycles. The fourth-order valence-electron chi connectivity index (χ4n) is 2.53. The molecule has 0 spiro atoms. The molecule has 0 aromatic carbocycles. The van der Waals surface area contributed by atoms with Crippen LogP contribution in [0.4, 0.5) is 0 Å². The molecule has 3 heteroatoms. The number of piperidine rings is 1. The summed E-state index contributed by atoms with van der Waals surface area (Å²) >= 11 is 0. The quantitative estimate of drug-likeness (QED) is 0.715. The average Bonchev–Trinajstić information content (AvgIpc) is 2.63. The lowest BCUT2D eigenvalue weighted by atomic mass is 10.1. The summed E-state index contributed by atoms with van der Waals surface area (Å²) < 4.78 is 0. The largest absolute Gasteiger partial charge is 0.326 e. The Hall–Kier alpha value is -0.120. The van der Waals surface area contributed by atoms with Crippen LogP contribution in [0, 0.1) is 0 Å². The topological polar surface area (TPSA) is 32.5 Å². The molecule has 0 aliphatic carbocycles. The van der Waals surface area contributed by atoms with Crippen molar-refractivity contribution in [3.05, 3.63) is 0 Å². The minimum atomic E-state index is 0.441. The molecule has 2 aliphatic rings. The van der Waals surface area contributed by atoms with Crippen LogP contribution in [0.2, 0.25) is 0 Å². The van der Waals surface area contributed by atoms with Gasteiger partial charge in [0.05, 0.1) is 0 Å². The summed E-state index contributed by atoms with van der Waals surface area (Å²) in [5, 5.41) is 0. The Labute approximate surface area is 87.2 Å². The molecule has 2 N–H and O–H groups in total. The lowest BCUT2D eigenvalue weighted by molar-refractivity contribution is 0.195. The van der Waals surface area contributed by atoms with Gasteiger partial charge in [-0.1, -0.05) is 6.42 Å². The van der Waals surface area contributed by atoms with Gasteiger partial charge < -0.3 is 15.5 Å². The first-order chi connectivity index (χ1) is 6.84. The van der Waals surface area contributed by atoms with Gasteiger partial charge in [-0.05, 0) is 38.9 Å². The fraction of sp³-hybridized carbons (Fsp3) is 1.00. The third-order valence-electron chi connectivity index (χ3n) is 3.49. The Kier molecular flexibility index (Phi) is 3.79. The summed E-state index contributed by atoms with van der Waals surface area (Å²) in [5.74, 6) is 0. The second kappa shape index (κ2) is 5.10. The minimum absolute atomic E-state index is 0.441. The normalized spacial score (nSPS) is 31.1. The van der Waals surface area contributed by atoms with E-state index in [4.69, 9.17) is 5.73 Å². The summed E-state index contributed by atoms with van der Waals surface area (Å²) in [6.45, 7) is 7.46. The molecule has 0 amide bonds. The monoisotopic (exact) mass is 197 g/mol. The van der Waals surface area contributed by atoms with Crippen LogP contribution in [0.3, 0.4) is 0 Å². The number of hydrogen-bond acceptors (Lipinski definition) is 3. The zero-order chi connectivity index (χ0) is 9.80. The lowest BCUT2D eigenvalue weighted by Gasteiger charge is -2.28. The van der Waals surface area contributed by atoms with E-state index in [1.54, 1.807) is 0 Å². The minimum Gasteiger partial charge on any atom is -0.326 e. The van der Waals surface area contributed by atoms with Crippen LogP contribution in [0.15, 0.2) is 0 Å². The Morgan fingerprint density at radius 3 is 2.29 bits per heavy atom. The molecule has 3 nitrogen and oxygen atoms in total. The van der Waals surface area contributed by atoms with E-state index >= 15 is 0 Å². The molecule has 0 saturated carbocycles. The van der Waals surface area contributed by atoms with Crippen molar-refractivity contribution in [2.45, 2.75) is 31.7 Å². The van der Waals surface area contributed by atoms with Gasteiger partial charge in [0.15, 0.2) is 0 Å². The Morgan fingerprint density at radius 2 is 1.64 bits per heavy atom. The predicted molar refractivity (Wildman–Crippen MR) is 59.3 cm³/mol. The summed E-state index contributed by atoms with van der Waals surface area (Å²) in [7, 11) is 0. The number of nitrogens with two attached hydrogens (primary N) is 1. The van der Waals surface area contributed by atoms with E-state index in [9.17, 15) is 0 Å². The summed E-state index contributed by atoms with van der Waals surface area (Å²) in [5.41, 5.74) is 5.88. The highest BCUT2D eigenvalue weighted by molar-refractivity contribution is 4.78. The number of likely N-dealkylation sites (tertiary alicyclic amines) is 2. The van der Waals surface area contributed by atoms with E-state index in [2.05, 4.69) is 9.80 Å². The molecule has 82 valence electrons. The first kappa shape index (κ1) is 10.4. The zero-order valence-corrected chi connectivity index (χ0v) is 9.12. The zero-order valence-electron chi connectivity index (χ0n) is 9.12. The SMILES string of the molecule is N[C@@H]1CCN(CCN2CCCCC2)C1. The van der Waals surface area contributed by atoms with E-state index in [1.807, 2.05) is 0 Å². The van der Waals surface area contributed by atoms with Gasteiger partial charge in [0.25, 0.3) is 0 Å². The number of nitrogens with zero attached hydrogens (tertiary/aromatic N) is 2. The van der Waals surface area contributed by atoms with Gasteiger partial charge in [0.1, 0.15) is 0 Å². The molecule has 0 aromatic heterocycles. The van der Waals surface area contributed by atoms with Gasteiger partial charge >= 0.3 is 0 Å². The van der Waals surface area contributed by atoms with Gasteiger partial charge in [0.2, 0.25) is 0 Å². The molecule has 2 heterocycles. The van der Waals surface area contributed by atoms with Crippen LogP contribution in [-0.2, 0) is 0 Å². The van der Waals surface area contributed by atoms with E-state index in [0.29, 0.717) is 6.04 Å². The fourth-order valence-corrected chi connectivity index (χ4v) is 2.53. The molecule has 2 fully saturated rings. The van der Waals surface area contributed by atoms with Gasteiger partial charge in [-0.2, -0.15) is 0 Å². The Balaban J connectivity index is 1.61. The van der Waals surface area contributed by atoms with Crippen molar-refractivity contribution in [2.75, 3.05) is 39.3 Å². The number of rotatable bonds is 3. The maximum atomic E-state index is 5.88. The molecule has 2 saturated heterocycles. The van der Waals surface area contributed by atoms with Crippen molar-refractivity contribution in [3.63, 3.8) is 0 Å². The average molecular weight is 197 g/mol. The highest BCUT2D eigenvalue weighted by atomic mass is 15.2. The molecule has 2 rings (SSSR count). The highest BCUT2D eigenvalue weighted by Gasteiger charge is 2.19. The smallest absolute Gasteiger partial charge is 0.0180 e. The predicted octanol–water partition coefficient (Wildman–Crippen LogP) is 0.505. The third kappa shape index (κ3) is 2.94. The van der Waals surface area contributed by atoms with E-state index in [1.165, 1.54) is 58.4 Å². The summed E-state index contributed by atoms with van der Waals surface area (Å²) in [6.07, 6.45) is 5.43. The van der Waals surface area contributed by atoms with Crippen LogP contribution < -0.4 is 5.73 Å². The Morgan fingerprint density at radius 1 is 0.929 bits per heavy atom. The van der Waals surface area contributed by atoms with E-state index < -0.39 is 0 Å². The van der Waals surface area contributed by atoms with E-state index in [0.717, 1.165) is 6.54 Å². The van der Waals surface area contributed by atoms with Gasteiger partial charge in [-0.3, -0.25) is 0 Å². The third-order valence-corrected chi connectivity index (χ3v) is 3.49. The van der Waals surface area contributed by atoms with Crippen molar-refractivity contribution in [3.8, 4) is 0 Å². The molecule has 14 heavy (non-hydrogen) atoms. The molecular weight excluding hydrogens is 174 g/mol. The highest BCUT2D eigenvalue weighted by Crippen LogP contribution is 2.10. The maximum Gasteiger partial charge on any atom is 0.0180 e. The molecular formula is C11H23N3. The van der Waals surface area contributed by atoms with Gasteiger partial charge in [-0.15, -0.1) is 0 Å². The molecule has 0 unspecified atom stereocenters. The summed E-state index contributed by atoms with van der Waals surface area (Å²) in [6, 6.07) is 0.441.